The van der Waals surface area contributed by atoms with Crippen LogP contribution in [-0.4, -0.2) is 41.8 Å². The monoisotopic (exact) mass is 484 g/mol. The molecule has 0 radical (unpaired) electrons. The van der Waals surface area contributed by atoms with Crippen molar-refractivity contribution < 1.29 is 23.8 Å². The topological polar surface area (TPSA) is 112 Å². The Hall–Kier alpha value is -3.66. The van der Waals surface area contributed by atoms with Crippen molar-refractivity contribution in [3.8, 4) is 17.2 Å². The van der Waals surface area contributed by atoms with Gasteiger partial charge in [-0.15, -0.1) is 10.2 Å². The SMILES string of the molecule is CCOc1cc(C(=O)Nc2ccccc2C(=O)Nc2nnc(CC)s2)cc(OCC)c1OCC. The average molecular weight is 485 g/mol. The normalized spacial score (nSPS) is 10.5. The summed E-state index contributed by atoms with van der Waals surface area (Å²) in [6.45, 7) is 8.72. The van der Waals surface area contributed by atoms with Crippen LogP contribution in [-0.2, 0) is 6.42 Å². The molecule has 2 N–H and O–H groups in total. The van der Waals surface area contributed by atoms with Crippen LogP contribution in [0, 0.1) is 0 Å². The van der Waals surface area contributed by atoms with Gasteiger partial charge in [-0.3, -0.25) is 14.9 Å². The minimum absolute atomic E-state index is 0.296. The first-order valence-electron chi connectivity index (χ1n) is 11.1. The predicted molar refractivity (Wildman–Crippen MR) is 132 cm³/mol. The number of nitrogens with zero attached hydrogens (tertiary/aromatic N) is 2. The molecule has 1 aromatic heterocycles. The van der Waals surface area contributed by atoms with Gasteiger partial charge in [0.1, 0.15) is 5.01 Å². The Morgan fingerprint density at radius 3 is 2.09 bits per heavy atom. The Morgan fingerprint density at radius 2 is 1.50 bits per heavy atom. The fourth-order valence-electron chi connectivity index (χ4n) is 3.12. The molecule has 0 bridgehead atoms. The Bertz CT molecular complexity index is 1120. The molecule has 0 aliphatic carbocycles. The van der Waals surface area contributed by atoms with E-state index in [0.29, 0.717) is 59.0 Å². The highest BCUT2D eigenvalue weighted by Gasteiger charge is 2.20. The van der Waals surface area contributed by atoms with Crippen molar-refractivity contribution in [2.45, 2.75) is 34.1 Å². The lowest BCUT2D eigenvalue weighted by atomic mass is 10.1. The molecule has 0 saturated heterocycles. The number of carbonyl (C=O) groups is 2. The zero-order valence-electron chi connectivity index (χ0n) is 19.6. The number of aromatic nitrogens is 2. The summed E-state index contributed by atoms with van der Waals surface area (Å²) < 4.78 is 17.1. The van der Waals surface area contributed by atoms with Gasteiger partial charge < -0.3 is 19.5 Å². The van der Waals surface area contributed by atoms with E-state index in [4.69, 9.17) is 14.2 Å². The minimum Gasteiger partial charge on any atom is -0.490 e. The van der Waals surface area contributed by atoms with Crippen LogP contribution < -0.4 is 24.8 Å². The smallest absolute Gasteiger partial charge is 0.259 e. The summed E-state index contributed by atoms with van der Waals surface area (Å²) in [6.07, 6.45) is 0.732. The number of carbonyl (C=O) groups excluding carboxylic acids is 2. The Balaban J connectivity index is 1.87. The second-order valence-corrected chi connectivity index (χ2v) is 7.97. The maximum Gasteiger partial charge on any atom is 0.259 e. The predicted octanol–water partition coefficient (Wildman–Crippen LogP) is 4.80. The number of rotatable bonds is 11. The van der Waals surface area contributed by atoms with E-state index >= 15 is 0 Å². The quantitative estimate of drug-likeness (QED) is 0.402. The maximum atomic E-state index is 13.2. The summed E-state index contributed by atoms with van der Waals surface area (Å²) >= 11 is 1.31. The van der Waals surface area contributed by atoms with Crippen LogP contribution in [0.3, 0.4) is 0 Å². The highest BCUT2D eigenvalue weighted by atomic mass is 32.1. The van der Waals surface area contributed by atoms with Crippen LogP contribution >= 0.6 is 11.3 Å². The molecule has 0 aliphatic rings. The molecule has 0 saturated carbocycles. The Morgan fingerprint density at radius 1 is 0.853 bits per heavy atom. The number of hydrogen-bond donors (Lipinski definition) is 2. The molecule has 0 unspecified atom stereocenters. The molecule has 3 aromatic rings. The van der Waals surface area contributed by atoms with E-state index in [1.54, 1.807) is 36.4 Å². The molecule has 34 heavy (non-hydrogen) atoms. The van der Waals surface area contributed by atoms with Crippen molar-refractivity contribution in [3.05, 3.63) is 52.5 Å². The molecule has 0 fully saturated rings. The number of ether oxygens (including phenoxy) is 3. The molecule has 3 rings (SSSR count). The van der Waals surface area contributed by atoms with E-state index in [2.05, 4.69) is 20.8 Å². The molecule has 2 aromatic carbocycles. The highest BCUT2D eigenvalue weighted by molar-refractivity contribution is 7.15. The van der Waals surface area contributed by atoms with Gasteiger partial charge in [-0.25, -0.2) is 0 Å². The van der Waals surface area contributed by atoms with Gasteiger partial charge in [-0.2, -0.15) is 0 Å². The zero-order valence-corrected chi connectivity index (χ0v) is 20.5. The van der Waals surface area contributed by atoms with Gasteiger partial charge in [0, 0.05) is 5.56 Å². The van der Waals surface area contributed by atoms with Crippen LogP contribution in [0.15, 0.2) is 36.4 Å². The lowest BCUT2D eigenvalue weighted by Crippen LogP contribution is -2.18. The van der Waals surface area contributed by atoms with Crippen LogP contribution in [0.2, 0.25) is 0 Å². The van der Waals surface area contributed by atoms with Crippen molar-refractivity contribution in [1.82, 2.24) is 10.2 Å². The summed E-state index contributed by atoms with van der Waals surface area (Å²) in [5.41, 5.74) is 0.961. The lowest BCUT2D eigenvalue weighted by molar-refractivity contribution is 0.102. The average Bonchev–Trinajstić information content (AvgIpc) is 3.29. The Kier molecular flexibility index (Phi) is 8.80. The van der Waals surface area contributed by atoms with Gasteiger partial charge in [0.2, 0.25) is 10.9 Å². The summed E-state index contributed by atoms with van der Waals surface area (Å²) in [4.78, 5) is 26.0. The van der Waals surface area contributed by atoms with E-state index in [9.17, 15) is 9.59 Å². The fraction of sp³-hybridized carbons (Fsp3) is 0.333. The molecule has 9 nitrogen and oxygen atoms in total. The van der Waals surface area contributed by atoms with E-state index in [-0.39, 0.29) is 0 Å². The minimum atomic E-state index is -0.422. The van der Waals surface area contributed by atoms with Crippen molar-refractivity contribution in [2.75, 3.05) is 30.5 Å². The van der Waals surface area contributed by atoms with Crippen molar-refractivity contribution in [2.24, 2.45) is 0 Å². The Labute approximate surface area is 202 Å². The third-order valence-corrected chi connectivity index (χ3v) is 5.56. The first-order valence-corrected chi connectivity index (χ1v) is 11.9. The second kappa shape index (κ2) is 12.0. The zero-order chi connectivity index (χ0) is 24.5. The molecule has 0 atom stereocenters. The van der Waals surface area contributed by atoms with E-state index < -0.39 is 11.8 Å². The van der Waals surface area contributed by atoms with Crippen LogP contribution in [0.25, 0.3) is 0 Å². The lowest BCUT2D eigenvalue weighted by Gasteiger charge is -2.17. The third-order valence-electron chi connectivity index (χ3n) is 4.58. The van der Waals surface area contributed by atoms with Crippen LogP contribution in [0.1, 0.15) is 53.4 Å². The van der Waals surface area contributed by atoms with Crippen molar-refractivity contribution in [1.29, 1.82) is 0 Å². The fourth-order valence-corrected chi connectivity index (χ4v) is 3.79. The van der Waals surface area contributed by atoms with E-state index in [1.165, 1.54) is 11.3 Å². The van der Waals surface area contributed by atoms with E-state index in [1.807, 2.05) is 27.7 Å². The van der Waals surface area contributed by atoms with Gasteiger partial charge in [-0.05, 0) is 51.5 Å². The molecular weight excluding hydrogens is 456 g/mol. The largest absolute Gasteiger partial charge is 0.490 e. The second-order valence-electron chi connectivity index (χ2n) is 6.91. The highest BCUT2D eigenvalue weighted by Crippen LogP contribution is 2.39. The molecule has 0 aliphatic heterocycles. The number of para-hydroxylation sites is 1. The number of benzene rings is 2. The first-order chi connectivity index (χ1) is 16.5. The first kappa shape index (κ1) is 25.0. The molecule has 180 valence electrons. The van der Waals surface area contributed by atoms with Crippen molar-refractivity contribution in [3.63, 3.8) is 0 Å². The number of amides is 2. The van der Waals surface area contributed by atoms with Crippen LogP contribution in [0.4, 0.5) is 10.8 Å². The third kappa shape index (κ3) is 6.02. The summed E-state index contributed by atoms with van der Waals surface area (Å²) in [6, 6.07) is 9.94. The standard InChI is InChI=1S/C24H28N4O5S/c1-5-20-27-28-24(34-20)26-23(30)16-11-9-10-12-17(16)25-22(29)15-13-18(31-6-2)21(33-8-4)19(14-15)32-7-3/h9-14H,5-8H2,1-4H3,(H,25,29)(H,26,28,30). The number of nitrogens with one attached hydrogen (secondary N) is 2. The maximum absolute atomic E-state index is 13.2. The van der Waals surface area contributed by atoms with Gasteiger partial charge in [0.05, 0.1) is 31.1 Å². The molecule has 2 amide bonds. The van der Waals surface area contributed by atoms with Crippen LogP contribution in [0.5, 0.6) is 17.2 Å². The summed E-state index contributed by atoms with van der Waals surface area (Å²) in [5, 5.41) is 14.8. The molecule has 0 spiro atoms. The summed E-state index contributed by atoms with van der Waals surface area (Å²) in [7, 11) is 0. The molecular formula is C24H28N4O5S. The number of aryl methyl sites for hydroxylation is 1. The summed E-state index contributed by atoms with van der Waals surface area (Å²) in [5.74, 6) is 0.454. The number of hydrogen-bond acceptors (Lipinski definition) is 8. The van der Waals surface area contributed by atoms with Crippen molar-refractivity contribution >= 4 is 34.0 Å². The molecule has 10 heteroatoms. The van der Waals surface area contributed by atoms with Gasteiger partial charge in [-0.1, -0.05) is 30.4 Å². The van der Waals surface area contributed by atoms with Gasteiger partial charge in [0.25, 0.3) is 11.8 Å². The van der Waals surface area contributed by atoms with E-state index in [0.717, 1.165) is 11.4 Å². The van der Waals surface area contributed by atoms with Gasteiger partial charge in [0.15, 0.2) is 11.5 Å². The molecule has 1 heterocycles. The van der Waals surface area contributed by atoms with Gasteiger partial charge >= 0.3 is 0 Å². The number of anilines is 2.